The highest BCUT2D eigenvalue weighted by molar-refractivity contribution is 9.10. The van der Waals surface area contributed by atoms with Crippen LogP contribution in [0.3, 0.4) is 0 Å². The predicted octanol–water partition coefficient (Wildman–Crippen LogP) is 2.54. The Balaban J connectivity index is 2.21. The van der Waals surface area contributed by atoms with E-state index < -0.39 is 5.67 Å². The van der Waals surface area contributed by atoms with Crippen molar-refractivity contribution < 1.29 is 4.39 Å². The van der Waals surface area contributed by atoms with Gasteiger partial charge in [-0.15, -0.1) is 0 Å². The molecule has 0 spiro atoms. The molecule has 0 saturated carbocycles. The van der Waals surface area contributed by atoms with E-state index in [0.29, 0.717) is 36.8 Å². The summed E-state index contributed by atoms with van der Waals surface area (Å²) in [7, 11) is 0. The highest BCUT2D eigenvalue weighted by Gasteiger charge is 2.36. The number of rotatable bonds is 1. The third kappa shape index (κ3) is 2.27. The average Bonchev–Trinajstić information content (AvgIpc) is 2.40. The van der Waals surface area contributed by atoms with Crippen molar-refractivity contribution in [1.82, 2.24) is 15.3 Å². The van der Waals surface area contributed by atoms with Crippen LogP contribution in [0.15, 0.2) is 21.4 Å². The average molecular weight is 340 g/mol. The zero-order valence-corrected chi connectivity index (χ0v) is 12.7. The molecule has 1 aliphatic rings. The Hall–Kier alpha value is -1.27. The Morgan fingerprint density at radius 1 is 1.35 bits per heavy atom. The standard InChI is InChI=1S/C14H15BrFN3O/c1-8-6-9(15)7-10-11(8)18-13(19-12(10)20)14(16)2-4-17-5-3-14/h6-7,17H,2-5H2,1H3,(H,18,19,20). The number of hydrogen-bond donors (Lipinski definition) is 2. The monoisotopic (exact) mass is 339 g/mol. The second kappa shape index (κ2) is 4.93. The number of hydrogen-bond acceptors (Lipinski definition) is 3. The Morgan fingerprint density at radius 3 is 2.75 bits per heavy atom. The number of nitrogens with one attached hydrogen (secondary N) is 2. The van der Waals surface area contributed by atoms with E-state index >= 15 is 0 Å². The zero-order chi connectivity index (χ0) is 14.3. The summed E-state index contributed by atoms with van der Waals surface area (Å²) in [6.45, 7) is 3.06. The van der Waals surface area contributed by atoms with E-state index in [-0.39, 0.29) is 11.4 Å². The van der Waals surface area contributed by atoms with Crippen LogP contribution in [-0.4, -0.2) is 23.1 Å². The summed E-state index contributed by atoms with van der Waals surface area (Å²) >= 11 is 3.36. The predicted molar refractivity (Wildman–Crippen MR) is 79.7 cm³/mol. The molecule has 0 radical (unpaired) electrons. The summed E-state index contributed by atoms with van der Waals surface area (Å²) in [4.78, 5) is 19.2. The molecule has 0 atom stereocenters. The van der Waals surface area contributed by atoms with E-state index in [0.717, 1.165) is 10.0 Å². The molecule has 4 nitrogen and oxygen atoms in total. The maximum atomic E-state index is 14.9. The molecule has 2 aromatic rings. The first-order valence-electron chi connectivity index (χ1n) is 6.60. The van der Waals surface area contributed by atoms with Gasteiger partial charge in [-0.25, -0.2) is 9.37 Å². The number of aromatic nitrogens is 2. The summed E-state index contributed by atoms with van der Waals surface area (Å²) in [6.07, 6.45) is 0.661. The van der Waals surface area contributed by atoms with Crippen LogP contribution in [0.5, 0.6) is 0 Å². The van der Waals surface area contributed by atoms with Crippen molar-refractivity contribution in [2.45, 2.75) is 25.4 Å². The molecule has 0 bridgehead atoms. The van der Waals surface area contributed by atoms with Crippen LogP contribution in [0, 0.1) is 6.92 Å². The Morgan fingerprint density at radius 2 is 2.05 bits per heavy atom. The molecule has 1 aromatic carbocycles. The first-order valence-corrected chi connectivity index (χ1v) is 7.39. The smallest absolute Gasteiger partial charge is 0.258 e. The van der Waals surface area contributed by atoms with Crippen molar-refractivity contribution in [3.63, 3.8) is 0 Å². The number of aromatic amines is 1. The lowest BCUT2D eigenvalue weighted by Gasteiger charge is -2.29. The highest BCUT2D eigenvalue weighted by atomic mass is 79.9. The van der Waals surface area contributed by atoms with Gasteiger partial charge in [0.25, 0.3) is 5.56 Å². The Bertz CT molecular complexity index is 722. The quantitative estimate of drug-likeness (QED) is 0.839. The first-order chi connectivity index (χ1) is 9.49. The lowest BCUT2D eigenvalue weighted by atomic mass is 9.93. The van der Waals surface area contributed by atoms with Crippen LogP contribution in [-0.2, 0) is 5.67 Å². The fourth-order valence-electron chi connectivity index (χ4n) is 2.64. The molecule has 3 rings (SSSR count). The molecule has 0 unspecified atom stereocenters. The topological polar surface area (TPSA) is 57.8 Å². The van der Waals surface area contributed by atoms with E-state index in [9.17, 15) is 9.18 Å². The highest BCUT2D eigenvalue weighted by Crippen LogP contribution is 2.33. The summed E-state index contributed by atoms with van der Waals surface area (Å²) in [5.41, 5.74) is -0.398. The summed E-state index contributed by atoms with van der Waals surface area (Å²) in [6, 6.07) is 3.59. The number of H-pyrrole nitrogens is 1. The molecular formula is C14H15BrFN3O. The molecule has 20 heavy (non-hydrogen) atoms. The van der Waals surface area contributed by atoms with E-state index in [4.69, 9.17) is 0 Å². The van der Waals surface area contributed by atoms with Crippen LogP contribution < -0.4 is 10.9 Å². The fourth-order valence-corrected chi connectivity index (χ4v) is 3.22. The third-order valence-corrected chi connectivity index (χ3v) is 4.24. The fraction of sp³-hybridized carbons (Fsp3) is 0.429. The van der Waals surface area contributed by atoms with Crippen molar-refractivity contribution >= 4 is 26.8 Å². The molecule has 1 fully saturated rings. The summed E-state index contributed by atoms with van der Waals surface area (Å²) in [5.74, 6) is 0.155. The molecule has 2 heterocycles. The van der Waals surface area contributed by atoms with Gasteiger partial charge in [0.05, 0.1) is 10.9 Å². The van der Waals surface area contributed by atoms with E-state index in [2.05, 4.69) is 31.2 Å². The number of aryl methyl sites for hydroxylation is 1. The molecule has 0 amide bonds. The largest absolute Gasteiger partial charge is 0.316 e. The normalized spacial score (nSPS) is 18.4. The molecule has 0 aliphatic carbocycles. The number of fused-ring (bicyclic) bond motifs is 1. The van der Waals surface area contributed by atoms with Crippen molar-refractivity contribution in [3.8, 4) is 0 Å². The van der Waals surface area contributed by atoms with Gasteiger partial charge in [0, 0.05) is 17.3 Å². The zero-order valence-electron chi connectivity index (χ0n) is 11.1. The van der Waals surface area contributed by atoms with Crippen LogP contribution in [0.4, 0.5) is 4.39 Å². The molecular weight excluding hydrogens is 325 g/mol. The minimum Gasteiger partial charge on any atom is -0.316 e. The van der Waals surface area contributed by atoms with Gasteiger partial charge in [0.2, 0.25) is 0 Å². The van der Waals surface area contributed by atoms with Gasteiger partial charge in [-0.2, -0.15) is 0 Å². The summed E-state index contributed by atoms with van der Waals surface area (Å²) in [5, 5.41) is 3.60. The number of piperidine rings is 1. The minimum atomic E-state index is -1.54. The van der Waals surface area contributed by atoms with Crippen LogP contribution >= 0.6 is 15.9 Å². The van der Waals surface area contributed by atoms with Crippen LogP contribution in [0.25, 0.3) is 10.9 Å². The molecule has 1 aliphatic heterocycles. The lowest BCUT2D eigenvalue weighted by Crippen LogP contribution is -2.39. The van der Waals surface area contributed by atoms with Gasteiger partial charge in [0.15, 0.2) is 5.67 Å². The number of benzene rings is 1. The lowest BCUT2D eigenvalue weighted by molar-refractivity contribution is 0.104. The van der Waals surface area contributed by atoms with E-state index in [1.165, 1.54) is 0 Å². The minimum absolute atomic E-state index is 0.155. The van der Waals surface area contributed by atoms with Gasteiger partial charge in [-0.1, -0.05) is 15.9 Å². The number of nitrogens with zero attached hydrogens (tertiary/aromatic N) is 1. The van der Waals surface area contributed by atoms with Crippen molar-refractivity contribution in [1.29, 1.82) is 0 Å². The Labute approximate surface area is 123 Å². The van der Waals surface area contributed by atoms with Crippen molar-refractivity contribution in [2.24, 2.45) is 0 Å². The first kappa shape index (κ1) is 13.7. The maximum Gasteiger partial charge on any atom is 0.258 e. The molecule has 2 N–H and O–H groups in total. The molecule has 106 valence electrons. The van der Waals surface area contributed by atoms with E-state index in [1.807, 2.05) is 13.0 Å². The molecule has 1 saturated heterocycles. The second-order valence-corrected chi connectivity index (χ2v) is 6.16. The second-order valence-electron chi connectivity index (χ2n) is 5.25. The summed E-state index contributed by atoms with van der Waals surface area (Å²) < 4.78 is 15.8. The van der Waals surface area contributed by atoms with Crippen LogP contribution in [0.1, 0.15) is 24.2 Å². The SMILES string of the molecule is Cc1cc(Br)cc2c(=O)[nH]c(C3(F)CCNCC3)nc12. The maximum absolute atomic E-state index is 14.9. The van der Waals surface area contributed by atoms with E-state index in [1.54, 1.807) is 6.07 Å². The van der Waals surface area contributed by atoms with Gasteiger partial charge < -0.3 is 10.3 Å². The van der Waals surface area contributed by atoms with Gasteiger partial charge >= 0.3 is 0 Å². The Kier molecular flexibility index (Phi) is 3.38. The number of halogens is 2. The van der Waals surface area contributed by atoms with Gasteiger partial charge in [-0.05, 0) is 37.7 Å². The van der Waals surface area contributed by atoms with Gasteiger partial charge in [0.1, 0.15) is 5.82 Å². The molecule has 1 aromatic heterocycles. The van der Waals surface area contributed by atoms with Crippen LogP contribution in [0.2, 0.25) is 0 Å². The van der Waals surface area contributed by atoms with Crippen molar-refractivity contribution in [2.75, 3.05) is 13.1 Å². The third-order valence-electron chi connectivity index (χ3n) is 3.79. The number of alkyl halides is 1. The molecule has 6 heteroatoms. The van der Waals surface area contributed by atoms with Gasteiger partial charge in [-0.3, -0.25) is 4.79 Å². The van der Waals surface area contributed by atoms with Crippen molar-refractivity contribution in [3.05, 3.63) is 38.3 Å².